The molecule has 2 rings (SSSR count). The molecule has 138 valence electrons. The third-order valence-corrected chi connectivity index (χ3v) is 4.87. The lowest BCUT2D eigenvalue weighted by molar-refractivity contribution is 0.0431. The van der Waals surface area contributed by atoms with Crippen molar-refractivity contribution in [2.75, 3.05) is 6.61 Å². The summed E-state index contributed by atoms with van der Waals surface area (Å²) in [5.74, 6) is 0. The third-order valence-electron chi connectivity index (χ3n) is 4.49. The first-order valence-electron chi connectivity index (χ1n) is 9.71. The number of aryl methyl sites for hydroxylation is 1. The van der Waals surface area contributed by atoms with Crippen molar-refractivity contribution in [2.24, 2.45) is 0 Å². The average Bonchev–Trinajstić information content (AvgIpc) is 2.70. The van der Waals surface area contributed by atoms with Gasteiger partial charge in [0.25, 0.3) is 0 Å². The van der Waals surface area contributed by atoms with Gasteiger partial charge in [-0.3, -0.25) is 0 Å². The van der Waals surface area contributed by atoms with Crippen LogP contribution in [0.4, 0.5) is 0 Å². The summed E-state index contributed by atoms with van der Waals surface area (Å²) in [7, 11) is 0. The molecule has 0 radical (unpaired) electrons. The summed E-state index contributed by atoms with van der Waals surface area (Å²) in [4.78, 5) is 0.865. The maximum Gasteiger partial charge on any atom is 0.0572 e. The molecule has 2 aromatic rings. The molecule has 0 aliphatic rings. The van der Waals surface area contributed by atoms with E-state index in [0.717, 1.165) is 36.3 Å². The average molecular weight is 367 g/mol. The van der Waals surface area contributed by atoms with Gasteiger partial charge >= 0.3 is 0 Å². The smallest absolute Gasteiger partial charge is 0.0572 e. The summed E-state index contributed by atoms with van der Waals surface area (Å²) < 4.78 is 5.96. The zero-order chi connectivity index (χ0) is 18.6. The van der Waals surface area contributed by atoms with Gasteiger partial charge in [0.15, 0.2) is 0 Å². The number of thiocarbonyl (C=S) groups is 1. The Bertz CT molecular complexity index is 673. The van der Waals surface area contributed by atoms with Gasteiger partial charge in [0.05, 0.1) is 6.10 Å². The van der Waals surface area contributed by atoms with Gasteiger partial charge in [0, 0.05) is 11.5 Å². The molecule has 1 nitrogen and oxygen atoms in total. The molecule has 0 N–H and O–H groups in total. The Morgan fingerprint density at radius 1 is 1.04 bits per heavy atom. The molecule has 0 fully saturated rings. The molecular formula is C24H30OS. The Hall–Kier alpha value is -1.77. The minimum Gasteiger partial charge on any atom is -0.378 e. The van der Waals surface area contributed by atoms with E-state index in [1.54, 1.807) is 0 Å². The van der Waals surface area contributed by atoms with Gasteiger partial charge in [-0.05, 0) is 48.4 Å². The van der Waals surface area contributed by atoms with Crippen molar-refractivity contribution < 1.29 is 4.74 Å². The van der Waals surface area contributed by atoms with E-state index in [4.69, 9.17) is 17.0 Å². The van der Waals surface area contributed by atoms with Gasteiger partial charge in [0.1, 0.15) is 0 Å². The lowest BCUT2D eigenvalue weighted by atomic mass is 10.1. The largest absolute Gasteiger partial charge is 0.378 e. The monoisotopic (exact) mass is 366 g/mol. The van der Waals surface area contributed by atoms with Crippen molar-refractivity contribution in [3.63, 3.8) is 0 Å². The first-order chi connectivity index (χ1) is 12.7. The van der Waals surface area contributed by atoms with Crippen molar-refractivity contribution in [2.45, 2.75) is 52.1 Å². The molecule has 2 aromatic carbocycles. The second-order valence-electron chi connectivity index (χ2n) is 6.60. The zero-order valence-corrected chi connectivity index (χ0v) is 16.8. The first-order valence-corrected chi connectivity index (χ1v) is 10.1. The van der Waals surface area contributed by atoms with Crippen LogP contribution >= 0.6 is 12.2 Å². The Morgan fingerprint density at radius 2 is 1.77 bits per heavy atom. The van der Waals surface area contributed by atoms with Crippen LogP contribution in [0.5, 0.6) is 0 Å². The van der Waals surface area contributed by atoms with Crippen LogP contribution in [0, 0.1) is 0 Å². The van der Waals surface area contributed by atoms with E-state index < -0.39 is 0 Å². The maximum atomic E-state index is 5.96. The molecule has 0 heterocycles. The molecule has 0 saturated heterocycles. The number of rotatable bonds is 11. The SMILES string of the molecule is CCCC(CC)OCCCc1ccc(C=CC(=S)c2ccccc2)cc1. The summed E-state index contributed by atoms with van der Waals surface area (Å²) in [5, 5.41) is 0. The molecule has 0 spiro atoms. The van der Waals surface area contributed by atoms with Crippen LogP contribution in [0.3, 0.4) is 0 Å². The predicted molar refractivity (Wildman–Crippen MR) is 117 cm³/mol. The predicted octanol–water partition coefficient (Wildman–Crippen LogP) is 6.65. The summed E-state index contributed by atoms with van der Waals surface area (Å²) in [5.41, 5.74) is 3.63. The van der Waals surface area contributed by atoms with Crippen molar-refractivity contribution in [1.82, 2.24) is 0 Å². The van der Waals surface area contributed by atoms with Crippen LogP contribution in [-0.2, 0) is 11.2 Å². The van der Waals surface area contributed by atoms with Crippen LogP contribution in [0.1, 0.15) is 56.2 Å². The standard InChI is InChI=1S/C24H30OS/c1-3-9-23(4-2)25-19-8-10-20-13-15-21(16-14-20)17-18-24(26)22-11-6-5-7-12-22/h5-7,11-18,23H,3-4,8-10,19H2,1-2H3. The molecule has 0 amide bonds. The Morgan fingerprint density at radius 3 is 2.42 bits per heavy atom. The van der Waals surface area contributed by atoms with Gasteiger partial charge < -0.3 is 4.74 Å². The first kappa shape index (κ1) is 20.5. The Balaban J connectivity index is 1.77. The van der Waals surface area contributed by atoms with E-state index in [1.165, 1.54) is 24.0 Å². The second-order valence-corrected chi connectivity index (χ2v) is 7.04. The molecule has 0 aromatic heterocycles. The van der Waals surface area contributed by atoms with Gasteiger partial charge in [-0.25, -0.2) is 0 Å². The number of ether oxygens (including phenoxy) is 1. The minimum absolute atomic E-state index is 0.431. The summed E-state index contributed by atoms with van der Waals surface area (Å²) in [6, 6.07) is 18.8. The topological polar surface area (TPSA) is 9.23 Å². The zero-order valence-electron chi connectivity index (χ0n) is 16.0. The molecule has 0 aliphatic heterocycles. The van der Waals surface area contributed by atoms with Crippen LogP contribution in [0.15, 0.2) is 60.7 Å². The molecule has 0 aliphatic carbocycles. The highest BCUT2D eigenvalue weighted by atomic mass is 32.1. The van der Waals surface area contributed by atoms with E-state index in [-0.39, 0.29) is 0 Å². The molecular weight excluding hydrogens is 336 g/mol. The van der Waals surface area contributed by atoms with E-state index >= 15 is 0 Å². The highest BCUT2D eigenvalue weighted by Gasteiger charge is 2.04. The van der Waals surface area contributed by atoms with Gasteiger partial charge in [0.2, 0.25) is 0 Å². The fraction of sp³-hybridized carbons (Fsp3) is 0.375. The van der Waals surface area contributed by atoms with Crippen LogP contribution < -0.4 is 0 Å². The Kier molecular flexibility index (Phi) is 9.30. The fourth-order valence-electron chi connectivity index (χ4n) is 2.92. The minimum atomic E-state index is 0.431. The van der Waals surface area contributed by atoms with E-state index in [2.05, 4.69) is 44.2 Å². The molecule has 0 saturated carbocycles. The van der Waals surface area contributed by atoms with Crippen LogP contribution in [-0.4, -0.2) is 17.6 Å². The molecule has 1 unspecified atom stereocenters. The van der Waals surface area contributed by atoms with Gasteiger partial charge in [-0.15, -0.1) is 0 Å². The third kappa shape index (κ3) is 7.23. The molecule has 0 bridgehead atoms. The molecule has 1 atom stereocenters. The lowest BCUT2D eigenvalue weighted by Gasteiger charge is -2.14. The highest BCUT2D eigenvalue weighted by molar-refractivity contribution is 7.81. The maximum absolute atomic E-state index is 5.96. The van der Waals surface area contributed by atoms with Gasteiger partial charge in [-0.2, -0.15) is 0 Å². The van der Waals surface area contributed by atoms with Crippen molar-refractivity contribution >= 4 is 23.2 Å². The Labute approximate surface area is 164 Å². The normalized spacial score (nSPS) is 12.4. The quantitative estimate of drug-likeness (QED) is 0.191. The van der Waals surface area contributed by atoms with E-state index in [0.29, 0.717) is 6.10 Å². The van der Waals surface area contributed by atoms with Crippen LogP contribution in [0.25, 0.3) is 6.08 Å². The van der Waals surface area contributed by atoms with Crippen molar-refractivity contribution in [1.29, 1.82) is 0 Å². The molecule has 26 heavy (non-hydrogen) atoms. The summed E-state index contributed by atoms with van der Waals surface area (Å²) >= 11 is 5.47. The van der Waals surface area contributed by atoms with Crippen LogP contribution in [0.2, 0.25) is 0 Å². The van der Waals surface area contributed by atoms with Crippen molar-refractivity contribution in [3.05, 3.63) is 77.4 Å². The number of benzene rings is 2. The second kappa shape index (κ2) is 11.8. The summed E-state index contributed by atoms with van der Waals surface area (Å²) in [6.45, 7) is 5.27. The lowest BCUT2D eigenvalue weighted by Crippen LogP contribution is -2.12. The number of allylic oxidation sites excluding steroid dienone is 1. The summed E-state index contributed by atoms with van der Waals surface area (Å²) in [6.07, 6.45) is 10.1. The fourth-order valence-corrected chi connectivity index (χ4v) is 3.12. The van der Waals surface area contributed by atoms with Gasteiger partial charge in [-0.1, -0.05) is 93.2 Å². The van der Waals surface area contributed by atoms with E-state index in [1.807, 2.05) is 36.4 Å². The van der Waals surface area contributed by atoms with Crippen molar-refractivity contribution in [3.8, 4) is 0 Å². The number of hydrogen-bond donors (Lipinski definition) is 0. The highest BCUT2D eigenvalue weighted by Crippen LogP contribution is 2.12. The molecule has 2 heteroatoms. The van der Waals surface area contributed by atoms with E-state index in [9.17, 15) is 0 Å². The number of hydrogen-bond acceptors (Lipinski definition) is 2.